The van der Waals surface area contributed by atoms with Crippen molar-refractivity contribution >= 4 is 11.6 Å². The molecule has 1 unspecified atom stereocenters. The van der Waals surface area contributed by atoms with E-state index in [0.717, 1.165) is 18.8 Å². The number of carbonyl (C=O) groups excluding carboxylic acids is 1. The van der Waals surface area contributed by atoms with Gasteiger partial charge in [0, 0.05) is 26.3 Å². The van der Waals surface area contributed by atoms with Crippen molar-refractivity contribution in [2.75, 3.05) is 45.2 Å². The minimum Gasteiger partial charge on any atom is -0.484 e. The Balaban J connectivity index is 1.58. The molecule has 1 N–H and O–H groups in total. The first-order chi connectivity index (χ1) is 13.5. The Morgan fingerprint density at radius 2 is 1.71 bits per heavy atom. The molecule has 1 aliphatic rings. The molecule has 0 spiro atoms. The molecule has 5 nitrogen and oxygen atoms in total. The number of amides is 1. The quantitative estimate of drug-likeness (QED) is 0.761. The summed E-state index contributed by atoms with van der Waals surface area (Å²) in [6.07, 6.45) is 2.44. The molecule has 2 aromatic carbocycles. The van der Waals surface area contributed by atoms with Gasteiger partial charge in [0.25, 0.3) is 5.91 Å². The number of likely N-dealkylation sites (tertiary alicyclic amines) is 1. The fourth-order valence-corrected chi connectivity index (χ4v) is 3.55. The number of nitrogens with zero attached hydrogens (tertiary/aromatic N) is 2. The van der Waals surface area contributed by atoms with Crippen molar-refractivity contribution in [2.24, 2.45) is 0 Å². The Morgan fingerprint density at radius 3 is 2.32 bits per heavy atom. The van der Waals surface area contributed by atoms with Crippen LogP contribution >= 0.6 is 0 Å². The van der Waals surface area contributed by atoms with Crippen LogP contribution in [0.15, 0.2) is 48.5 Å². The zero-order valence-corrected chi connectivity index (χ0v) is 17.1. The Morgan fingerprint density at radius 1 is 1.07 bits per heavy atom. The molecular formula is C23H31N3O2. The van der Waals surface area contributed by atoms with Crippen molar-refractivity contribution in [3.05, 3.63) is 59.7 Å². The van der Waals surface area contributed by atoms with Crippen molar-refractivity contribution in [3.8, 4) is 5.75 Å². The predicted molar refractivity (Wildman–Crippen MR) is 114 cm³/mol. The van der Waals surface area contributed by atoms with E-state index in [1.54, 1.807) is 0 Å². The van der Waals surface area contributed by atoms with Gasteiger partial charge in [-0.05, 0) is 62.7 Å². The molecule has 3 rings (SSSR count). The van der Waals surface area contributed by atoms with Crippen LogP contribution in [0.4, 0.5) is 5.69 Å². The summed E-state index contributed by atoms with van der Waals surface area (Å²) < 4.78 is 5.60. The number of carbonyl (C=O) groups is 1. The summed E-state index contributed by atoms with van der Waals surface area (Å²) in [4.78, 5) is 16.9. The summed E-state index contributed by atoms with van der Waals surface area (Å²) in [5.41, 5.74) is 3.59. The van der Waals surface area contributed by atoms with Crippen LogP contribution in [0.5, 0.6) is 5.75 Å². The van der Waals surface area contributed by atoms with Crippen LogP contribution in [0.3, 0.4) is 0 Å². The Hall–Kier alpha value is -2.53. The molecule has 0 aliphatic carbocycles. The van der Waals surface area contributed by atoms with Gasteiger partial charge in [-0.15, -0.1) is 0 Å². The standard InChI is InChI=1S/C23H31N3O2/c1-18-6-12-21(13-7-18)28-17-23(27)24-16-22(26-14-4-5-15-26)19-8-10-20(11-9-19)25(2)3/h6-13,22H,4-5,14-17H2,1-3H3,(H,24,27). The predicted octanol–water partition coefficient (Wildman–Crippen LogP) is 3.39. The van der Waals surface area contributed by atoms with Crippen molar-refractivity contribution in [1.29, 1.82) is 0 Å². The number of nitrogens with one attached hydrogen (secondary N) is 1. The number of anilines is 1. The highest BCUT2D eigenvalue weighted by Gasteiger charge is 2.24. The molecule has 1 amide bonds. The third-order valence-electron chi connectivity index (χ3n) is 5.26. The molecule has 150 valence electrons. The lowest BCUT2D eigenvalue weighted by atomic mass is 10.0. The normalized spacial score (nSPS) is 15.2. The summed E-state index contributed by atoms with van der Waals surface area (Å²) >= 11 is 0. The fraction of sp³-hybridized carbons (Fsp3) is 0.435. The fourth-order valence-electron chi connectivity index (χ4n) is 3.55. The Labute approximate surface area is 168 Å². The van der Waals surface area contributed by atoms with E-state index >= 15 is 0 Å². The van der Waals surface area contributed by atoms with Crippen LogP contribution in [-0.2, 0) is 4.79 Å². The van der Waals surface area contributed by atoms with Gasteiger partial charge < -0.3 is 15.0 Å². The largest absolute Gasteiger partial charge is 0.484 e. The maximum absolute atomic E-state index is 12.3. The monoisotopic (exact) mass is 381 g/mol. The van der Waals surface area contributed by atoms with Crippen LogP contribution in [0, 0.1) is 6.92 Å². The Bertz CT molecular complexity index is 750. The van der Waals surface area contributed by atoms with E-state index < -0.39 is 0 Å². The van der Waals surface area contributed by atoms with Gasteiger partial charge in [-0.2, -0.15) is 0 Å². The first-order valence-corrected chi connectivity index (χ1v) is 10.0. The van der Waals surface area contributed by atoms with Gasteiger partial charge in [-0.3, -0.25) is 9.69 Å². The lowest BCUT2D eigenvalue weighted by molar-refractivity contribution is -0.123. The molecule has 28 heavy (non-hydrogen) atoms. The minimum atomic E-state index is -0.0883. The second-order valence-corrected chi connectivity index (χ2v) is 7.65. The highest BCUT2D eigenvalue weighted by molar-refractivity contribution is 5.77. The van der Waals surface area contributed by atoms with Gasteiger partial charge >= 0.3 is 0 Å². The van der Waals surface area contributed by atoms with E-state index in [-0.39, 0.29) is 18.6 Å². The number of benzene rings is 2. The van der Waals surface area contributed by atoms with Crippen molar-refractivity contribution in [1.82, 2.24) is 10.2 Å². The molecule has 0 aromatic heterocycles. The molecule has 1 atom stereocenters. The van der Waals surface area contributed by atoms with Crippen molar-refractivity contribution < 1.29 is 9.53 Å². The van der Waals surface area contributed by atoms with E-state index in [9.17, 15) is 4.79 Å². The van der Waals surface area contributed by atoms with Crippen molar-refractivity contribution in [2.45, 2.75) is 25.8 Å². The second kappa shape index (κ2) is 9.60. The van der Waals surface area contributed by atoms with Gasteiger partial charge in [-0.1, -0.05) is 29.8 Å². The smallest absolute Gasteiger partial charge is 0.258 e. The molecule has 0 saturated carbocycles. The second-order valence-electron chi connectivity index (χ2n) is 7.65. The minimum absolute atomic E-state index is 0.0371. The summed E-state index contributed by atoms with van der Waals surface area (Å²) in [5.74, 6) is 0.630. The first kappa shape index (κ1) is 20.2. The number of hydrogen-bond acceptors (Lipinski definition) is 4. The molecule has 1 saturated heterocycles. The topological polar surface area (TPSA) is 44.8 Å². The zero-order valence-electron chi connectivity index (χ0n) is 17.1. The van der Waals surface area contributed by atoms with Gasteiger partial charge in [0.05, 0.1) is 6.04 Å². The summed E-state index contributed by atoms with van der Waals surface area (Å²) in [6, 6.07) is 16.6. The average molecular weight is 382 g/mol. The van der Waals surface area contributed by atoms with E-state index in [2.05, 4.69) is 39.4 Å². The third kappa shape index (κ3) is 5.49. The molecule has 0 bridgehead atoms. The summed E-state index contributed by atoms with van der Waals surface area (Å²) in [5, 5.41) is 3.06. The van der Waals surface area contributed by atoms with Crippen LogP contribution in [-0.4, -0.2) is 51.1 Å². The average Bonchev–Trinajstić information content (AvgIpc) is 3.22. The van der Waals surface area contributed by atoms with Gasteiger partial charge in [0.15, 0.2) is 6.61 Å². The van der Waals surface area contributed by atoms with Gasteiger partial charge in [0.1, 0.15) is 5.75 Å². The summed E-state index contributed by atoms with van der Waals surface area (Å²) in [7, 11) is 4.09. The molecule has 0 radical (unpaired) electrons. The lowest BCUT2D eigenvalue weighted by Crippen LogP contribution is -2.38. The van der Waals surface area contributed by atoms with Gasteiger partial charge in [0.2, 0.25) is 0 Å². The highest BCUT2D eigenvalue weighted by atomic mass is 16.5. The maximum Gasteiger partial charge on any atom is 0.258 e. The van der Waals surface area contributed by atoms with Crippen LogP contribution < -0.4 is 15.0 Å². The SMILES string of the molecule is Cc1ccc(OCC(=O)NCC(c2ccc(N(C)C)cc2)N2CCCC2)cc1. The number of hydrogen-bond donors (Lipinski definition) is 1. The van der Waals surface area contributed by atoms with E-state index in [4.69, 9.17) is 4.74 Å². The van der Waals surface area contributed by atoms with Crippen LogP contribution in [0.1, 0.15) is 30.0 Å². The summed E-state index contributed by atoms with van der Waals surface area (Å²) in [6.45, 7) is 4.82. The lowest BCUT2D eigenvalue weighted by Gasteiger charge is -2.28. The first-order valence-electron chi connectivity index (χ1n) is 10.0. The molecular weight excluding hydrogens is 350 g/mol. The van der Waals surface area contributed by atoms with Crippen LogP contribution in [0.2, 0.25) is 0 Å². The number of aryl methyl sites for hydroxylation is 1. The highest BCUT2D eigenvalue weighted by Crippen LogP contribution is 2.26. The van der Waals surface area contributed by atoms with Crippen molar-refractivity contribution in [3.63, 3.8) is 0 Å². The molecule has 2 aromatic rings. The van der Waals surface area contributed by atoms with E-state index in [0.29, 0.717) is 6.54 Å². The van der Waals surface area contributed by atoms with Gasteiger partial charge in [-0.25, -0.2) is 0 Å². The molecule has 1 fully saturated rings. The molecule has 1 aliphatic heterocycles. The van der Waals surface area contributed by atoms with E-state index in [1.165, 1.54) is 29.7 Å². The number of ether oxygens (including phenoxy) is 1. The van der Waals surface area contributed by atoms with Crippen LogP contribution in [0.25, 0.3) is 0 Å². The molecule has 5 heteroatoms. The van der Waals surface area contributed by atoms with E-state index in [1.807, 2.05) is 45.3 Å². The Kier molecular flexibility index (Phi) is 6.93. The number of rotatable bonds is 8. The maximum atomic E-state index is 12.3. The molecule has 1 heterocycles. The zero-order chi connectivity index (χ0) is 19.9. The third-order valence-corrected chi connectivity index (χ3v) is 5.26.